The second-order valence-corrected chi connectivity index (χ2v) is 6.80. The maximum absolute atomic E-state index is 11.9. The van der Waals surface area contributed by atoms with Gasteiger partial charge in [-0.15, -0.1) is 4.72 Å². The number of unbranched alkanes of at least 4 members (excludes halogenated alkanes) is 1. The monoisotopic (exact) mass is 364 g/mol. The third-order valence-corrected chi connectivity index (χ3v) is 4.83. The van der Waals surface area contributed by atoms with Crippen LogP contribution in [0.15, 0.2) is 21.5 Å². The summed E-state index contributed by atoms with van der Waals surface area (Å²) in [7, 11) is 1.67. The Labute approximate surface area is 130 Å². The largest absolute Gasteiger partial charge is 0.598 e. The fraction of sp³-hybridized carbons (Fsp3) is 0.615. The van der Waals surface area contributed by atoms with E-state index in [0.717, 1.165) is 22.9 Å². The third-order valence-electron chi connectivity index (χ3n) is 2.96. The lowest BCUT2D eigenvalue weighted by Gasteiger charge is -2.21. The number of rotatable bonds is 8. The highest BCUT2D eigenvalue weighted by molar-refractivity contribution is 9.10. The number of hydrogen-bond acceptors (Lipinski definition) is 4. The molecule has 5 nitrogen and oxygen atoms in total. The molecule has 0 radical (unpaired) electrons. The average molecular weight is 365 g/mol. The van der Waals surface area contributed by atoms with Gasteiger partial charge in [0.15, 0.2) is 0 Å². The van der Waals surface area contributed by atoms with Gasteiger partial charge in [0, 0.05) is 41.8 Å². The summed E-state index contributed by atoms with van der Waals surface area (Å²) in [4.78, 5) is 11.7. The van der Waals surface area contributed by atoms with Gasteiger partial charge >= 0.3 is 0 Å². The number of nitrogens with one attached hydrogen (secondary N) is 1. The highest BCUT2D eigenvalue weighted by atomic mass is 79.9. The average Bonchev–Trinajstić information content (AvgIpc) is 2.40. The van der Waals surface area contributed by atoms with Crippen LogP contribution in [0, 0.1) is 0 Å². The van der Waals surface area contributed by atoms with Crippen LogP contribution in [0.3, 0.4) is 0 Å². The van der Waals surface area contributed by atoms with Gasteiger partial charge in [0.2, 0.25) is 0 Å². The normalized spacial score (nSPS) is 14.2. The zero-order valence-corrected chi connectivity index (χ0v) is 14.2. The Morgan fingerprint density at radius 2 is 2.30 bits per heavy atom. The minimum absolute atomic E-state index is 0.0374. The van der Waals surface area contributed by atoms with E-state index >= 15 is 0 Å². The maximum atomic E-state index is 11.9. The summed E-state index contributed by atoms with van der Waals surface area (Å²) >= 11 is 2.25. The topological polar surface area (TPSA) is 77.3 Å². The van der Waals surface area contributed by atoms with Crippen LogP contribution in [0.5, 0.6) is 0 Å². The Morgan fingerprint density at radius 3 is 2.90 bits per heavy atom. The molecule has 1 heterocycles. The third kappa shape index (κ3) is 5.21. The smallest absolute Gasteiger partial charge is 0.250 e. The number of nitrogens with zero attached hydrogens (tertiary/aromatic N) is 1. The van der Waals surface area contributed by atoms with Gasteiger partial charge in [-0.2, -0.15) is 0 Å². The van der Waals surface area contributed by atoms with Crippen molar-refractivity contribution in [3.05, 3.63) is 32.7 Å². The van der Waals surface area contributed by atoms with Gasteiger partial charge in [0.1, 0.15) is 5.75 Å². The zero-order chi connectivity index (χ0) is 15.1. The molecule has 1 unspecified atom stereocenters. The van der Waals surface area contributed by atoms with Crippen LogP contribution in [0.4, 0.5) is 0 Å². The van der Waals surface area contributed by atoms with E-state index in [2.05, 4.69) is 20.7 Å². The number of aromatic nitrogens is 1. The Kier molecular flexibility index (Phi) is 7.83. The highest BCUT2D eigenvalue weighted by Crippen LogP contribution is 2.24. The van der Waals surface area contributed by atoms with E-state index in [-0.39, 0.29) is 18.2 Å². The first-order valence-corrected chi connectivity index (χ1v) is 8.72. The zero-order valence-electron chi connectivity index (χ0n) is 11.8. The van der Waals surface area contributed by atoms with Crippen LogP contribution < -0.4 is 10.3 Å². The van der Waals surface area contributed by atoms with Gasteiger partial charge in [0.25, 0.3) is 5.56 Å². The molecule has 114 valence electrons. The molecule has 20 heavy (non-hydrogen) atoms. The van der Waals surface area contributed by atoms with E-state index in [4.69, 9.17) is 5.11 Å². The highest BCUT2D eigenvalue weighted by Gasteiger charge is 2.20. The molecule has 0 aromatic carbocycles. The van der Waals surface area contributed by atoms with Gasteiger partial charge in [-0.3, -0.25) is 4.79 Å². The first kappa shape index (κ1) is 17.7. The fourth-order valence-electron chi connectivity index (χ4n) is 1.78. The molecule has 0 aliphatic carbocycles. The summed E-state index contributed by atoms with van der Waals surface area (Å²) in [6, 6.07) is 1.20. The fourth-order valence-corrected chi connectivity index (χ4v) is 3.71. The van der Waals surface area contributed by atoms with Gasteiger partial charge in [0.05, 0.1) is 6.04 Å². The summed E-state index contributed by atoms with van der Waals surface area (Å²) in [6.45, 7) is 2.00. The second-order valence-electron chi connectivity index (χ2n) is 4.61. The van der Waals surface area contributed by atoms with Crippen molar-refractivity contribution in [1.82, 2.24) is 9.29 Å². The molecule has 0 amide bonds. The second kappa shape index (κ2) is 8.84. The lowest BCUT2D eigenvalue weighted by molar-refractivity contribution is 0.272. The molecule has 0 bridgehead atoms. The maximum Gasteiger partial charge on any atom is 0.250 e. The van der Waals surface area contributed by atoms with Crippen LogP contribution in [-0.2, 0) is 18.4 Å². The van der Waals surface area contributed by atoms with Crippen molar-refractivity contribution in [3.8, 4) is 0 Å². The summed E-state index contributed by atoms with van der Waals surface area (Å²) in [5.41, 5.74) is 0.597. The molecular formula is C13H21BrN2O3S. The van der Waals surface area contributed by atoms with Crippen molar-refractivity contribution < 1.29 is 9.66 Å². The lowest BCUT2D eigenvalue weighted by Crippen LogP contribution is -2.32. The van der Waals surface area contributed by atoms with Crippen molar-refractivity contribution in [1.29, 1.82) is 0 Å². The molecule has 2 atom stereocenters. The Morgan fingerprint density at radius 1 is 1.60 bits per heavy atom. The molecule has 2 N–H and O–H groups in total. The van der Waals surface area contributed by atoms with E-state index in [0.29, 0.717) is 12.2 Å². The number of aryl methyl sites for hydroxylation is 1. The Balaban J connectivity index is 2.90. The van der Waals surface area contributed by atoms with Crippen LogP contribution in [0.1, 0.15) is 37.8 Å². The first-order chi connectivity index (χ1) is 9.49. The predicted molar refractivity (Wildman–Crippen MR) is 84.9 cm³/mol. The van der Waals surface area contributed by atoms with E-state index in [1.807, 2.05) is 6.92 Å². The van der Waals surface area contributed by atoms with Crippen LogP contribution in [-0.4, -0.2) is 26.6 Å². The van der Waals surface area contributed by atoms with Gasteiger partial charge in [-0.1, -0.05) is 13.3 Å². The number of hydrogen-bond donors (Lipinski definition) is 2. The quantitative estimate of drug-likeness (QED) is 0.687. The van der Waals surface area contributed by atoms with Crippen molar-refractivity contribution in [3.63, 3.8) is 0 Å². The molecule has 0 saturated heterocycles. The van der Waals surface area contributed by atoms with Crippen LogP contribution in [0.25, 0.3) is 0 Å². The van der Waals surface area contributed by atoms with E-state index in [9.17, 15) is 9.35 Å². The minimum Gasteiger partial charge on any atom is -0.598 e. The van der Waals surface area contributed by atoms with Crippen LogP contribution >= 0.6 is 15.9 Å². The standard InChI is InChI=1S/C13H21BrN2O3S/c1-3-4-7-20(19)15-12(5-6-17)10-8-13(18)16(2)9-11(10)14/h8-9,12,15,17H,3-7H2,1-2H3/t12-,20?/m0/s1. The number of pyridine rings is 1. The Bertz CT molecular complexity index is 481. The van der Waals surface area contributed by atoms with E-state index in [1.165, 1.54) is 10.6 Å². The molecule has 1 rings (SSSR count). The first-order valence-electron chi connectivity index (χ1n) is 6.61. The van der Waals surface area contributed by atoms with Gasteiger partial charge in [-0.25, -0.2) is 0 Å². The molecule has 0 spiro atoms. The summed E-state index contributed by atoms with van der Waals surface area (Å²) < 4.78 is 17.2. The predicted octanol–water partition coefficient (Wildman–Crippen LogP) is 1.62. The van der Waals surface area contributed by atoms with Crippen LogP contribution in [0.2, 0.25) is 0 Å². The van der Waals surface area contributed by atoms with Gasteiger partial charge < -0.3 is 14.2 Å². The van der Waals surface area contributed by atoms with Crippen molar-refractivity contribution in [2.24, 2.45) is 7.05 Å². The molecule has 0 aliphatic rings. The summed E-state index contributed by atoms with van der Waals surface area (Å²) in [5, 5.41) is 9.16. The lowest BCUT2D eigenvalue weighted by atomic mass is 10.1. The molecule has 0 fully saturated rings. The van der Waals surface area contributed by atoms with Crippen molar-refractivity contribution >= 4 is 27.3 Å². The molecule has 7 heteroatoms. The van der Waals surface area contributed by atoms with Crippen molar-refractivity contribution in [2.45, 2.75) is 32.2 Å². The minimum atomic E-state index is -1.16. The van der Waals surface area contributed by atoms with E-state index in [1.54, 1.807) is 13.2 Å². The number of aliphatic hydroxyl groups is 1. The summed E-state index contributed by atoms with van der Waals surface area (Å²) in [6.07, 6.45) is 3.94. The summed E-state index contributed by atoms with van der Waals surface area (Å²) in [5.74, 6) is 0.570. The SMILES string of the molecule is CCCC[S+]([O-])N[C@@H](CCO)c1cc(=O)n(C)cc1Br. The number of halogens is 1. The van der Waals surface area contributed by atoms with E-state index < -0.39 is 11.4 Å². The number of aliphatic hydroxyl groups excluding tert-OH is 1. The Hall–Kier alpha value is -0.340. The molecule has 1 aromatic rings. The van der Waals surface area contributed by atoms with Gasteiger partial charge in [-0.05, 0) is 34.3 Å². The molecule has 1 aromatic heterocycles. The molecule has 0 saturated carbocycles. The van der Waals surface area contributed by atoms with Crippen molar-refractivity contribution in [2.75, 3.05) is 12.4 Å². The molecular weight excluding hydrogens is 344 g/mol. The molecule has 0 aliphatic heterocycles.